The minimum Gasteiger partial charge on any atom is -0.208 e. The quantitative estimate of drug-likeness (QED) is 0.119. The molecule has 6 aromatic carbocycles. The van der Waals surface area contributed by atoms with Crippen LogP contribution in [0.1, 0.15) is 0 Å². The van der Waals surface area contributed by atoms with Crippen LogP contribution in [-0.2, 0) is 0 Å². The highest BCUT2D eigenvalue weighted by atomic mass is 19.2. The molecule has 2 heterocycles. The second kappa shape index (κ2) is 14.5. The molecule has 14 heteroatoms. The van der Waals surface area contributed by atoms with Gasteiger partial charge in [0.1, 0.15) is 0 Å². The molecule has 6 nitrogen and oxygen atoms in total. The first-order valence-electron chi connectivity index (χ1n) is 16.6. The van der Waals surface area contributed by atoms with Crippen LogP contribution in [0, 0.1) is 46.5 Å². The van der Waals surface area contributed by atoms with Gasteiger partial charge in [0.15, 0.2) is 81.5 Å². The van der Waals surface area contributed by atoms with Gasteiger partial charge in [-0.05, 0) is 0 Å². The zero-order valence-electron chi connectivity index (χ0n) is 28.3. The highest BCUT2D eigenvalue weighted by Gasteiger charge is 2.36. The van der Waals surface area contributed by atoms with Crippen molar-refractivity contribution in [1.29, 1.82) is 0 Å². The summed E-state index contributed by atoms with van der Waals surface area (Å²) in [5.41, 5.74) is -5.70. The first-order valence-corrected chi connectivity index (χ1v) is 16.6. The fraction of sp³-hybridized carbons (Fsp3) is 0. The lowest BCUT2D eigenvalue weighted by Gasteiger charge is -2.16. The van der Waals surface area contributed by atoms with E-state index in [2.05, 4.69) is 29.9 Å². The predicted octanol–water partition coefficient (Wildman–Crippen LogP) is 10.8. The second-order valence-corrected chi connectivity index (χ2v) is 12.1. The number of benzene rings is 6. The number of aromatic nitrogens is 6. The molecule has 0 fully saturated rings. The van der Waals surface area contributed by atoms with Gasteiger partial charge in [-0.3, -0.25) is 0 Å². The smallest absolute Gasteiger partial charge is 0.173 e. The van der Waals surface area contributed by atoms with Crippen molar-refractivity contribution >= 4 is 0 Å². The third-order valence-electron chi connectivity index (χ3n) is 8.62. The average Bonchev–Trinajstić information content (AvgIpc) is 3.24. The Bertz CT molecular complexity index is 2410. The fourth-order valence-corrected chi connectivity index (χ4v) is 5.94. The third kappa shape index (κ3) is 6.30. The molecule has 8 rings (SSSR count). The van der Waals surface area contributed by atoms with E-state index < -0.39 is 80.4 Å². The van der Waals surface area contributed by atoms with Crippen molar-refractivity contribution in [3.63, 3.8) is 0 Å². The Hall–Kier alpha value is -7.22. The van der Waals surface area contributed by atoms with Crippen LogP contribution < -0.4 is 0 Å². The van der Waals surface area contributed by atoms with Gasteiger partial charge >= 0.3 is 0 Å². The first kappa shape index (κ1) is 35.8. The summed E-state index contributed by atoms with van der Waals surface area (Å²) < 4.78 is 128. The number of rotatable bonds is 7. The maximum Gasteiger partial charge on any atom is 0.173 e. The van der Waals surface area contributed by atoms with Crippen LogP contribution in [0.4, 0.5) is 35.1 Å². The fourth-order valence-electron chi connectivity index (χ4n) is 5.94. The molecule has 0 spiro atoms. The molecule has 2 aromatic heterocycles. The van der Waals surface area contributed by atoms with Gasteiger partial charge in [0.25, 0.3) is 0 Å². The Labute approximate surface area is 311 Å². The van der Waals surface area contributed by atoms with Crippen molar-refractivity contribution in [1.82, 2.24) is 29.9 Å². The van der Waals surface area contributed by atoms with Crippen molar-refractivity contribution in [2.24, 2.45) is 0 Å². The summed E-state index contributed by atoms with van der Waals surface area (Å²) in [6.45, 7) is 0. The molecule has 0 amide bonds. The van der Waals surface area contributed by atoms with Crippen LogP contribution in [0.15, 0.2) is 121 Å². The van der Waals surface area contributed by atoms with Crippen molar-refractivity contribution in [2.45, 2.75) is 0 Å². The molecule has 0 radical (unpaired) electrons. The molecule has 0 N–H and O–H groups in total. The van der Waals surface area contributed by atoms with E-state index in [-0.39, 0.29) is 23.3 Å². The summed E-state index contributed by atoms with van der Waals surface area (Å²) in [7, 11) is 0. The SMILES string of the molecule is Fc1c(F)c(-c2c(F)c(F)c(-c3nc(-c4ccccc4)nc(-c4ccccc4)n3)c(F)c2F)c(F)c(F)c1-c1nc(-c2ccccc2)nc(-c2ccccc2)n1. The Morgan fingerprint density at radius 1 is 0.214 bits per heavy atom. The zero-order chi connectivity index (χ0) is 39.1. The van der Waals surface area contributed by atoms with Crippen LogP contribution in [0.25, 0.3) is 79.5 Å². The van der Waals surface area contributed by atoms with E-state index in [9.17, 15) is 0 Å². The normalized spacial score (nSPS) is 11.2. The summed E-state index contributed by atoms with van der Waals surface area (Å²) in [5, 5.41) is 0. The molecule has 0 aliphatic heterocycles. The molecule has 0 aliphatic carbocycles. The largest absolute Gasteiger partial charge is 0.208 e. The monoisotopic (exact) mass is 760 g/mol. The minimum absolute atomic E-state index is 0.140. The summed E-state index contributed by atoms with van der Waals surface area (Å²) >= 11 is 0. The van der Waals surface area contributed by atoms with E-state index in [1.165, 1.54) is 0 Å². The molecule has 0 saturated carbocycles. The zero-order valence-corrected chi connectivity index (χ0v) is 28.3. The lowest BCUT2D eigenvalue weighted by Crippen LogP contribution is -2.11. The van der Waals surface area contributed by atoms with Crippen molar-refractivity contribution < 1.29 is 35.1 Å². The van der Waals surface area contributed by atoms with E-state index in [4.69, 9.17) is 0 Å². The number of hydrogen-bond donors (Lipinski definition) is 0. The Balaban J connectivity index is 1.31. The molecule has 0 saturated heterocycles. The van der Waals surface area contributed by atoms with Gasteiger partial charge in [0.05, 0.1) is 22.3 Å². The van der Waals surface area contributed by atoms with Gasteiger partial charge in [-0.25, -0.2) is 65.0 Å². The first-order chi connectivity index (χ1) is 27.1. The van der Waals surface area contributed by atoms with Gasteiger partial charge in [0, 0.05) is 22.3 Å². The van der Waals surface area contributed by atoms with Crippen molar-refractivity contribution in [3.05, 3.63) is 168 Å². The maximum absolute atomic E-state index is 16.0. The molecule has 0 atom stereocenters. The number of nitrogens with zero attached hydrogens (tertiary/aromatic N) is 6. The Morgan fingerprint density at radius 2 is 0.393 bits per heavy atom. The molecule has 0 bridgehead atoms. The van der Waals surface area contributed by atoms with E-state index in [0.717, 1.165) is 0 Å². The lowest BCUT2D eigenvalue weighted by atomic mass is 9.97. The van der Waals surface area contributed by atoms with Gasteiger partial charge in [-0.1, -0.05) is 121 Å². The summed E-state index contributed by atoms with van der Waals surface area (Å²) in [6.07, 6.45) is 0. The van der Waals surface area contributed by atoms with Crippen LogP contribution in [0.2, 0.25) is 0 Å². The third-order valence-corrected chi connectivity index (χ3v) is 8.62. The van der Waals surface area contributed by atoms with Gasteiger partial charge in [-0.15, -0.1) is 0 Å². The molecular weight excluding hydrogens is 740 g/mol. The van der Waals surface area contributed by atoms with Crippen molar-refractivity contribution in [2.75, 3.05) is 0 Å². The second-order valence-electron chi connectivity index (χ2n) is 12.1. The standard InChI is InChI=1S/C42H20F8N6/c43-29-25(30(44)34(48)27(33(29)47)41-53-37(21-13-5-1-6-14-21)51-38(54-41)22-15-7-2-8-16-22)26-31(45)35(49)28(36(50)32(26)46)42-55-39(23-17-9-3-10-18-23)52-40(56-42)24-19-11-4-12-20-24/h1-20H. The highest BCUT2D eigenvalue weighted by molar-refractivity contribution is 5.76. The number of halogens is 8. The molecule has 0 aliphatic rings. The van der Waals surface area contributed by atoms with E-state index in [0.29, 0.717) is 22.3 Å². The van der Waals surface area contributed by atoms with Gasteiger partial charge < -0.3 is 0 Å². The van der Waals surface area contributed by atoms with Crippen LogP contribution >= 0.6 is 0 Å². The van der Waals surface area contributed by atoms with Crippen LogP contribution in [0.5, 0.6) is 0 Å². The molecular formula is C42H20F8N6. The molecule has 274 valence electrons. The van der Waals surface area contributed by atoms with Crippen molar-refractivity contribution in [3.8, 4) is 79.5 Å². The topological polar surface area (TPSA) is 77.3 Å². The van der Waals surface area contributed by atoms with E-state index in [1.807, 2.05) is 0 Å². The van der Waals surface area contributed by atoms with E-state index >= 15 is 35.1 Å². The summed E-state index contributed by atoms with van der Waals surface area (Å²) in [5.74, 6) is -20.7. The van der Waals surface area contributed by atoms with E-state index in [1.54, 1.807) is 121 Å². The summed E-state index contributed by atoms with van der Waals surface area (Å²) in [4.78, 5) is 24.9. The number of hydrogen-bond acceptors (Lipinski definition) is 6. The highest BCUT2D eigenvalue weighted by Crippen LogP contribution is 2.42. The van der Waals surface area contributed by atoms with Gasteiger partial charge in [0.2, 0.25) is 0 Å². The van der Waals surface area contributed by atoms with Crippen LogP contribution in [0.3, 0.4) is 0 Å². The average molecular weight is 761 g/mol. The Morgan fingerprint density at radius 3 is 0.607 bits per heavy atom. The Kier molecular flexibility index (Phi) is 9.30. The van der Waals surface area contributed by atoms with Crippen LogP contribution in [-0.4, -0.2) is 29.9 Å². The lowest BCUT2D eigenvalue weighted by molar-refractivity contribution is 0.445. The predicted molar refractivity (Wildman–Crippen MR) is 191 cm³/mol. The maximum atomic E-state index is 16.0. The minimum atomic E-state index is -2.39. The molecule has 56 heavy (non-hydrogen) atoms. The molecule has 8 aromatic rings. The molecule has 0 unspecified atom stereocenters. The van der Waals surface area contributed by atoms with Gasteiger partial charge in [-0.2, -0.15) is 0 Å². The summed E-state index contributed by atoms with van der Waals surface area (Å²) in [6, 6.07) is 32.1.